The molecule has 2 rings (SSSR count). The minimum Gasteiger partial charge on any atom is -0.382 e. The molecule has 24 heavy (non-hydrogen) atoms. The maximum absolute atomic E-state index is 12.6. The summed E-state index contributed by atoms with van der Waals surface area (Å²) >= 11 is 0. The number of hydrogen-bond acceptors (Lipinski definition) is 4. The number of hydrogen-bond donors (Lipinski definition) is 1. The predicted molar refractivity (Wildman–Crippen MR) is 81.2 cm³/mol. The number of carbonyl (C=O) groups excluding carboxylic acids is 1. The summed E-state index contributed by atoms with van der Waals surface area (Å²) in [5, 5.41) is 18.0. The fourth-order valence-corrected chi connectivity index (χ4v) is 2.74. The van der Waals surface area contributed by atoms with E-state index >= 15 is 0 Å². The number of nitriles is 1. The van der Waals surface area contributed by atoms with Crippen molar-refractivity contribution in [2.24, 2.45) is 0 Å². The second-order valence-electron chi connectivity index (χ2n) is 5.80. The van der Waals surface area contributed by atoms with Crippen LogP contribution in [-0.4, -0.2) is 54.4 Å². The van der Waals surface area contributed by atoms with E-state index in [1.807, 2.05) is 6.07 Å². The number of amides is 1. The van der Waals surface area contributed by atoms with Crippen molar-refractivity contribution in [3.63, 3.8) is 0 Å². The highest BCUT2D eigenvalue weighted by molar-refractivity contribution is 5.97. The SMILES string of the molecule is CN(CC(O)C(F)(F)F)C1CCCN(c2ccc(C#N)cc2)C1=O. The van der Waals surface area contributed by atoms with Crippen LogP contribution in [-0.2, 0) is 4.79 Å². The first-order valence-electron chi connectivity index (χ1n) is 7.50. The Morgan fingerprint density at radius 2 is 2.04 bits per heavy atom. The summed E-state index contributed by atoms with van der Waals surface area (Å²) in [4.78, 5) is 15.4. The number of rotatable bonds is 4. The van der Waals surface area contributed by atoms with Gasteiger partial charge in [0, 0.05) is 18.8 Å². The number of benzene rings is 1. The average molecular weight is 341 g/mol. The number of halogens is 3. The molecule has 5 nitrogen and oxygen atoms in total. The Hall–Kier alpha value is -2.11. The van der Waals surface area contributed by atoms with Crippen LogP contribution in [0.4, 0.5) is 18.9 Å². The minimum atomic E-state index is -4.71. The molecular weight excluding hydrogens is 323 g/mol. The summed E-state index contributed by atoms with van der Waals surface area (Å²) in [6.07, 6.45) is -6.12. The molecule has 1 saturated heterocycles. The zero-order chi connectivity index (χ0) is 17.9. The monoisotopic (exact) mass is 341 g/mol. The van der Waals surface area contributed by atoms with Crippen LogP contribution in [0, 0.1) is 11.3 Å². The van der Waals surface area contributed by atoms with E-state index in [9.17, 15) is 23.1 Å². The van der Waals surface area contributed by atoms with Crippen LogP contribution < -0.4 is 4.90 Å². The van der Waals surface area contributed by atoms with E-state index in [0.29, 0.717) is 30.6 Å². The fraction of sp³-hybridized carbons (Fsp3) is 0.500. The number of piperidine rings is 1. The first-order valence-corrected chi connectivity index (χ1v) is 7.50. The molecule has 2 unspecified atom stereocenters. The number of likely N-dealkylation sites (N-methyl/N-ethyl adjacent to an activating group) is 1. The smallest absolute Gasteiger partial charge is 0.382 e. The fourth-order valence-electron chi connectivity index (χ4n) is 2.74. The van der Waals surface area contributed by atoms with Crippen LogP contribution in [0.15, 0.2) is 24.3 Å². The number of nitrogens with zero attached hydrogens (tertiary/aromatic N) is 3. The van der Waals surface area contributed by atoms with Gasteiger partial charge in [-0.15, -0.1) is 0 Å². The van der Waals surface area contributed by atoms with Gasteiger partial charge in [0.2, 0.25) is 5.91 Å². The van der Waals surface area contributed by atoms with Crippen LogP contribution in [0.3, 0.4) is 0 Å². The van der Waals surface area contributed by atoms with E-state index in [4.69, 9.17) is 5.26 Å². The van der Waals surface area contributed by atoms with Gasteiger partial charge in [-0.3, -0.25) is 9.69 Å². The average Bonchev–Trinajstić information content (AvgIpc) is 2.54. The minimum absolute atomic E-state index is 0.303. The molecule has 0 saturated carbocycles. The van der Waals surface area contributed by atoms with Crippen molar-refractivity contribution < 1.29 is 23.1 Å². The molecule has 1 amide bonds. The molecular formula is C16H18F3N3O2. The van der Waals surface area contributed by atoms with Gasteiger partial charge in [0.25, 0.3) is 0 Å². The van der Waals surface area contributed by atoms with Gasteiger partial charge in [0.15, 0.2) is 6.10 Å². The van der Waals surface area contributed by atoms with E-state index in [-0.39, 0.29) is 5.91 Å². The summed E-state index contributed by atoms with van der Waals surface area (Å²) in [5.74, 6) is -0.303. The Morgan fingerprint density at radius 1 is 1.42 bits per heavy atom. The van der Waals surface area contributed by atoms with Gasteiger partial charge >= 0.3 is 6.18 Å². The predicted octanol–water partition coefficient (Wildman–Crippen LogP) is 1.91. The van der Waals surface area contributed by atoms with Gasteiger partial charge in [-0.1, -0.05) is 0 Å². The molecule has 0 spiro atoms. The Bertz CT molecular complexity index is 625. The van der Waals surface area contributed by atoms with Crippen molar-refractivity contribution in [2.45, 2.75) is 31.2 Å². The van der Waals surface area contributed by atoms with Gasteiger partial charge in [-0.25, -0.2) is 0 Å². The van der Waals surface area contributed by atoms with Crippen molar-refractivity contribution in [3.8, 4) is 6.07 Å². The lowest BCUT2D eigenvalue weighted by Gasteiger charge is -2.37. The van der Waals surface area contributed by atoms with Crippen LogP contribution in [0.1, 0.15) is 18.4 Å². The van der Waals surface area contributed by atoms with Crippen molar-refractivity contribution in [2.75, 3.05) is 25.0 Å². The van der Waals surface area contributed by atoms with Crippen LogP contribution in [0.2, 0.25) is 0 Å². The van der Waals surface area contributed by atoms with E-state index < -0.39 is 24.9 Å². The molecule has 1 fully saturated rings. The molecule has 0 bridgehead atoms. The van der Waals surface area contributed by atoms with Crippen LogP contribution >= 0.6 is 0 Å². The van der Waals surface area contributed by atoms with Crippen molar-refractivity contribution in [3.05, 3.63) is 29.8 Å². The number of anilines is 1. The highest BCUT2D eigenvalue weighted by Gasteiger charge is 2.41. The van der Waals surface area contributed by atoms with E-state index in [1.54, 1.807) is 24.3 Å². The molecule has 1 aromatic carbocycles. The molecule has 8 heteroatoms. The molecule has 1 heterocycles. The summed E-state index contributed by atoms with van der Waals surface area (Å²) < 4.78 is 37.5. The van der Waals surface area contributed by atoms with Crippen molar-refractivity contribution in [1.82, 2.24) is 4.90 Å². The highest BCUT2D eigenvalue weighted by Crippen LogP contribution is 2.26. The largest absolute Gasteiger partial charge is 0.415 e. The van der Waals surface area contributed by atoms with Crippen LogP contribution in [0.25, 0.3) is 0 Å². The van der Waals surface area contributed by atoms with Crippen molar-refractivity contribution in [1.29, 1.82) is 5.26 Å². The summed E-state index contributed by atoms with van der Waals surface area (Å²) in [7, 11) is 1.40. The zero-order valence-electron chi connectivity index (χ0n) is 13.1. The Morgan fingerprint density at radius 3 is 2.58 bits per heavy atom. The maximum Gasteiger partial charge on any atom is 0.415 e. The Labute approximate surface area is 137 Å². The standard InChI is InChI=1S/C16H18F3N3O2/c1-21(10-14(23)16(17,18)19)13-3-2-8-22(15(13)24)12-6-4-11(9-20)5-7-12/h4-7,13-14,23H,2-3,8,10H2,1H3. The Balaban J connectivity index is 2.10. The third-order valence-electron chi connectivity index (χ3n) is 4.09. The van der Waals surface area contributed by atoms with E-state index in [2.05, 4.69) is 0 Å². The number of aliphatic hydroxyl groups is 1. The summed E-state index contributed by atoms with van der Waals surface area (Å²) in [6, 6.07) is 7.73. The normalized spacial score (nSPS) is 20.1. The number of alkyl halides is 3. The lowest BCUT2D eigenvalue weighted by atomic mass is 10.0. The molecule has 1 aliphatic rings. The van der Waals surface area contributed by atoms with Gasteiger partial charge < -0.3 is 10.0 Å². The molecule has 1 aromatic rings. The second-order valence-corrected chi connectivity index (χ2v) is 5.80. The zero-order valence-corrected chi connectivity index (χ0v) is 13.1. The third-order valence-corrected chi connectivity index (χ3v) is 4.09. The molecule has 0 radical (unpaired) electrons. The van der Waals surface area contributed by atoms with Gasteiger partial charge in [-0.05, 0) is 44.2 Å². The van der Waals surface area contributed by atoms with Gasteiger partial charge in [0.05, 0.1) is 17.7 Å². The lowest BCUT2D eigenvalue weighted by molar-refractivity contribution is -0.208. The highest BCUT2D eigenvalue weighted by atomic mass is 19.4. The second kappa shape index (κ2) is 7.20. The summed E-state index contributed by atoms with van der Waals surface area (Å²) in [5.41, 5.74) is 1.07. The number of carbonyl (C=O) groups is 1. The molecule has 0 aliphatic carbocycles. The molecule has 130 valence electrons. The first-order chi connectivity index (χ1) is 11.2. The maximum atomic E-state index is 12.6. The van der Waals surface area contributed by atoms with E-state index in [0.717, 1.165) is 0 Å². The summed E-state index contributed by atoms with van der Waals surface area (Å²) in [6.45, 7) is -0.183. The quantitative estimate of drug-likeness (QED) is 0.908. The molecule has 0 aromatic heterocycles. The lowest BCUT2D eigenvalue weighted by Crippen LogP contribution is -2.54. The topological polar surface area (TPSA) is 67.6 Å². The Kier molecular flexibility index (Phi) is 5.47. The van der Waals surface area contributed by atoms with E-state index in [1.165, 1.54) is 16.8 Å². The van der Waals surface area contributed by atoms with Crippen LogP contribution in [0.5, 0.6) is 0 Å². The molecule has 1 N–H and O–H groups in total. The van der Waals surface area contributed by atoms with Gasteiger partial charge in [-0.2, -0.15) is 18.4 Å². The third kappa shape index (κ3) is 4.04. The number of aliphatic hydroxyl groups excluding tert-OH is 1. The van der Waals surface area contributed by atoms with Crippen molar-refractivity contribution >= 4 is 11.6 Å². The molecule has 1 aliphatic heterocycles. The molecule has 2 atom stereocenters. The first kappa shape index (κ1) is 18.2. The van der Waals surface area contributed by atoms with Gasteiger partial charge in [0.1, 0.15) is 0 Å².